The number of carbonyl (C=O) groups is 1. The van der Waals surface area contributed by atoms with Gasteiger partial charge >= 0.3 is 0 Å². The number of benzene rings is 3. The second-order valence-electron chi connectivity index (χ2n) is 7.58. The lowest BCUT2D eigenvalue weighted by Crippen LogP contribution is -2.26. The van der Waals surface area contributed by atoms with Crippen LogP contribution in [0.3, 0.4) is 0 Å². The van der Waals surface area contributed by atoms with Crippen LogP contribution in [0.5, 0.6) is 5.75 Å². The van der Waals surface area contributed by atoms with Crippen LogP contribution in [0.25, 0.3) is 11.1 Å². The number of oxazole rings is 1. The number of hydrogen-bond donors (Lipinski definition) is 1. The molecule has 0 saturated carbocycles. The summed E-state index contributed by atoms with van der Waals surface area (Å²) < 4.78 is 39.2. The molecule has 34 heavy (non-hydrogen) atoms. The number of rotatable bonds is 8. The highest BCUT2D eigenvalue weighted by atomic mass is 32.2. The van der Waals surface area contributed by atoms with Gasteiger partial charge in [0.05, 0.1) is 12.0 Å². The highest BCUT2D eigenvalue weighted by Gasteiger charge is 2.26. The Morgan fingerprint density at radius 1 is 1.06 bits per heavy atom. The minimum atomic E-state index is -3.85. The minimum Gasteiger partial charge on any atom is -0.497 e. The standard InChI is InChI=1S/C24H23N3O5S2/c1-27(2)23(28)22(16-7-5-4-6-8-16)33-24-25-20-15-19(13-14-21(20)32-24)34(29,30)26-17-9-11-18(31-3)12-10-17/h4-15,22,26H,1-3H3. The highest BCUT2D eigenvalue weighted by molar-refractivity contribution is 8.00. The summed E-state index contributed by atoms with van der Waals surface area (Å²) in [5.41, 5.74) is 2.03. The first-order valence-electron chi connectivity index (χ1n) is 10.3. The van der Waals surface area contributed by atoms with Crippen LogP contribution >= 0.6 is 11.8 Å². The normalized spacial score (nSPS) is 12.3. The van der Waals surface area contributed by atoms with E-state index in [1.54, 1.807) is 44.4 Å². The van der Waals surface area contributed by atoms with Crippen molar-refractivity contribution in [3.05, 3.63) is 78.4 Å². The van der Waals surface area contributed by atoms with Gasteiger partial charge in [-0.3, -0.25) is 9.52 Å². The van der Waals surface area contributed by atoms with E-state index >= 15 is 0 Å². The van der Waals surface area contributed by atoms with Gasteiger partial charge in [-0.2, -0.15) is 0 Å². The molecule has 3 aromatic carbocycles. The topological polar surface area (TPSA) is 102 Å². The second kappa shape index (κ2) is 9.78. The average Bonchev–Trinajstić information content (AvgIpc) is 3.25. The number of sulfonamides is 1. The van der Waals surface area contributed by atoms with Gasteiger partial charge in [-0.1, -0.05) is 30.3 Å². The minimum absolute atomic E-state index is 0.0460. The lowest BCUT2D eigenvalue weighted by atomic mass is 10.1. The fraction of sp³-hybridized carbons (Fsp3) is 0.167. The number of carbonyl (C=O) groups excluding carboxylic acids is 1. The fourth-order valence-electron chi connectivity index (χ4n) is 3.20. The number of methoxy groups -OCH3 is 1. The lowest BCUT2D eigenvalue weighted by Gasteiger charge is -2.19. The number of fused-ring (bicyclic) bond motifs is 1. The van der Waals surface area contributed by atoms with Gasteiger partial charge < -0.3 is 14.1 Å². The number of thioether (sulfide) groups is 1. The van der Waals surface area contributed by atoms with Gasteiger partial charge in [0.2, 0.25) is 5.91 Å². The van der Waals surface area contributed by atoms with Crippen LogP contribution in [0.15, 0.2) is 87.3 Å². The van der Waals surface area contributed by atoms with Gasteiger partial charge in [-0.05, 0) is 59.8 Å². The molecule has 0 fully saturated rings. The predicted molar refractivity (Wildman–Crippen MR) is 132 cm³/mol. The molecule has 0 aliphatic carbocycles. The van der Waals surface area contributed by atoms with Crippen molar-refractivity contribution in [3.8, 4) is 5.75 Å². The molecule has 1 unspecified atom stereocenters. The number of likely N-dealkylation sites (N-methyl/N-ethyl adjacent to an activating group) is 1. The van der Waals surface area contributed by atoms with E-state index in [2.05, 4.69) is 9.71 Å². The summed E-state index contributed by atoms with van der Waals surface area (Å²) in [6.45, 7) is 0. The SMILES string of the molecule is COc1ccc(NS(=O)(=O)c2ccc3oc(SC(C(=O)N(C)C)c4ccccc4)nc3c2)cc1. The Kier molecular flexibility index (Phi) is 6.80. The number of nitrogens with zero attached hydrogens (tertiary/aromatic N) is 2. The van der Waals surface area contributed by atoms with Gasteiger partial charge in [0.25, 0.3) is 15.2 Å². The Morgan fingerprint density at radius 2 is 1.76 bits per heavy atom. The first-order chi connectivity index (χ1) is 16.3. The molecule has 1 aromatic heterocycles. The molecule has 0 bridgehead atoms. The molecule has 0 radical (unpaired) electrons. The Balaban J connectivity index is 1.60. The third-order valence-corrected chi connectivity index (χ3v) is 7.44. The lowest BCUT2D eigenvalue weighted by molar-refractivity contribution is -0.128. The zero-order valence-corrected chi connectivity index (χ0v) is 20.4. The number of anilines is 1. The summed E-state index contributed by atoms with van der Waals surface area (Å²) in [5.74, 6) is 0.518. The van der Waals surface area contributed by atoms with E-state index in [9.17, 15) is 13.2 Å². The third kappa shape index (κ3) is 5.18. The maximum absolute atomic E-state index is 12.9. The Labute approximate surface area is 202 Å². The van der Waals surface area contributed by atoms with Gasteiger partial charge in [-0.15, -0.1) is 0 Å². The average molecular weight is 498 g/mol. The maximum atomic E-state index is 12.9. The van der Waals surface area contributed by atoms with Crippen molar-refractivity contribution >= 4 is 44.5 Å². The summed E-state index contributed by atoms with van der Waals surface area (Å²) in [6, 6.07) is 20.4. The molecule has 10 heteroatoms. The summed E-state index contributed by atoms with van der Waals surface area (Å²) in [6.07, 6.45) is 0. The molecular weight excluding hydrogens is 474 g/mol. The molecule has 8 nitrogen and oxygen atoms in total. The molecule has 1 heterocycles. The molecule has 0 aliphatic heterocycles. The Bertz CT molecular complexity index is 1400. The van der Waals surface area contributed by atoms with Crippen molar-refractivity contribution in [2.45, 2.75) is 15.4 Å². The maximum Gasteiger partial charge on any atom is 0.261 e. The van der Waals surface area contributed by atoms with Crippen molar-refractivity contribution in [1.82, 2.24) is 9.88 Å². The molecule has 1 atom stereocenters. The molecule has 4 aromatic rings. The molecule has 0 spiro atoms. The summed E-state index contributed by atoms with van der Waals surface area (Å²) in [4.78, 5) is 18.8. The third-order valence-electron chi connectivity index (χ3n) is 4.98. The number of hydrogen-bond acceptors (Lipinski definition) is 7. The monoisotopic (exact) mass is 497 g/mol. The van der Waals surface area contributed by atoms with Crippen LogP contribution < -0.4 is 9.46 Å². The first kappa shape index (κ1) is 23.7. The van der Waals surface area contributed by atoms with E-state index in [1.807, 2.05) is 30.3 Å². The second-order valence-corrected chi connectivity index (χ2v) is 10.3. The summed E-state index contributed by atoms with van der Waals surface area (Å²) in [5, 5.41) is -0.277. The molecular formula is C24H23N3O5S2. The number of ether oxygens (including phenoxy) is 1. The van der Waals surface area contributed by atoms with E-state index in [4.69, 9.17) is 9.15 Å². The largest absolute Gasteiger partial charge is 0.497 e. The molecule has 0 aliphatic rings. The van der Waals surface area contributed by atoms with E-state index in [-0.39, 0.29) is 16.0 Å². The van der Waals surface area contributed by atoms with Crippen LogP contribution in [0.2, 0.25) is 0 Å². The Morgan fingerprint density at radius 3 is 2.41 bits per heavy atom. The number of amides is 1. The molecule has 176 valence electrons. The zero-order valence-electron chi connectivity index (χ0n) is 18.8. The quantitative estimate of drug-likeness (QED) is 0.356. The van der Waals surface area contributed by atoms with Crippen molar-refractivity contribution < 1.29 is 22.4 Å². The van der Waals surface area contributed by atoms with Crippen LogP contribution in [-0.4, -0.2) is 45.4 Å². The van der Waals surface area contributed by atoms with Crippen molar-refractivity contribution in [1.29, 1.82) is 0 Å². The number of nitrogens with one attached hydrogen (secondary N) is 1. The van der Waals surface area contributed by atoms with Gasteiger partial charge in [0, 0.05) is 19.8 Å². The molecule has 4 rings (SSSR count). The fourth-order valence-corrected chi connectivity index (χ4v) is 5.37. The van der Waals surface area contributed by atoms with Crippen molar-refractivity contribution in [3.63, 3.8) is 0 Å². The van der Waals surface area contributed by atoms with E-state index in [0.29, 0.717) is 22.5 Å². The Hall–Kier alpha value is -3.50. The predicted octanol–water partition coefficient (Wildman–Crippen LogP) is 4.56. The molecule has 1 amide bonds. The van der Waals surface area contributed by atoms with Crippen molar-refractivity contribution in [2.75, 3.05) is 25.9 Å². The van der Waals surface area contributed by atoms with Gasteiger partial charge in [0.15, 0.2) is 5.58 Å². The van der Waals surface area contributed by atoms with E-state index < -0.39 is 15.3 Å². The van der Waals surface area contributed by atoms with Crippen LogP contribution in [0, 0.1) is 0 Å². The van der Waals surface area contributed by atoms with Crippen molar-refractivity contribution in [2.24, 2.45) is 0 Å². The van der Waals surface area contributed by atoms with Crippen LogP contribution in [0.1, 0.15) is 10.8 Å². The van der Waals surface area contributed by atoms with E-state index in [1.165, 1.54) is 35.9 Å². The van der Waals surface area contributed by atoms with E-state index in [0.717, 1.165) is 5.56 Å². The smallest absolute Gasteiger partial charge is 0.261 e. The molecule has 1 N–H and O–H groups in total. The number of aromatic nitrogens is 1. The summed E-state index contributed by atoms with van der Waals surface area (Å²) in [7, 11) is 1.08. The molecule has 0 saturated heterocycles. The van der Waals surface area contributed by atoms with Crippen LogP contribution in [0.4, 0.5) is 5.69 Å². The highest BCUT2D eigenvalue weighted by Crippen LogP contribution is 2.37. The zero-order chi connectivity index (χ0) is 24.3. The van der Waals surface area contributed by atoms with Gasteiger partial charge in [-0.25, -0.2) is 13.4 Å². The first-order valence-corrected chi connectivity index (χ1v) is 12.6. The summed E-state index contributed by atoms with van der Waals surface area (Å²) >= 11 is 1.18. The van der Waals surface area contributed by atoms with Gasteiger partial charge in [0.1, 0.15) is 16.5 Å². The van der Waals surface area contributed by atoms with Crippen LogP contribution in [-0.2, 0) is 14.8 Å².